The molecule has 0 bridgehead atoms. The summed E-state index contributed by atoms with van der Waals surface area (Å²) < 4.78 is 0. The van der Waals surface area contributed by atoms with Crippen LogP contribution >= 0.6 is 0 Å². The van der Waals surface area contributed by atoms with Crippen molar-refractivity contribution in [3.63, 3.8) is 0 Å². The zero-order valence-corrected chi connectivity index (χ0v) is 15.8. The molecule has 0 fully saturated rings. The first-order chi connectivity index (χ1) is 13.2. The molecule has 27 heavy (non-hydrogen) atoms. The summed E-state index contributed by atoms with van der Waals surface area (Å²) in [5, 5.41) is 0. The Morgan fingerprint density at radius 2 is 1.19 bits per heavy atom. The van der Waals surface area contributed by atoms with Crippen molar-refractivity contribution in [2.24, 2.45) is 0 Å². The van der Waals surface area contributed by atoms with Gasteiger partial charge in [0.2, 0.25) is 0 Å². The van der Waals surface area contributed by atoms with E-state index in [0.717, 1.165) is 11.3 Å². The molecule has 0 amide bonds. The molecular weight excluding hydrogens is 326 g/mol. The van der Waals surface area contributed by atoms with Crippen molar-refractivity contribution in [3.05, 3.63) is 103 Å². The maximum Gasteiger partial charge on any atom is 0.0708 e. The molecule has 0 spiro atoms. The molecule has 0 saturated heterocycles. The lowest BCUT2D eigenvalue weighted by Crippen LogP contribution is -1.96. The van der Waals surface area contributed by atoms with Crippen LogP contribution in [0.1, 0.15) is 25.3 Å². The number of nitrogens with zero attached hydrogens (tertiary/aromatic N) is 1. The molecule has 0 unspecified atom stereocenters. The zero-order chi connectivity index (χ0) is 18.6. The molecule has 0 saturated carbocycles. The van der Waals surface area contributed by atoms with E-state index in [0.29, 0.717) is 5.92 Å². The number of aromatic nitrogens is 1. The van der Waals surface area contributed by atoms with Crippen LogP contribution in [0.15, 0.2) is 97.2 Å². The minimum atomic E-state index is 0.428. The standard InChI is InChI=1S/C26H23N/c1-19(2)25-18-27-26(17-24(25)21-12-7-4-8-13-21)23-15-9-14-22(16-23)20-10-5-3-6-11-20/h3-19H,1-2H3. The van der Waals surface area contributed by atoms with Gasteiger partial charge >= 0.3 is 0 Å². The fourth-order valence-corrected chi connectivity index (χ4v) is 3.44. The second-order valence-electron chi connectivity index (χ2n) is 7.12. The summed E-state index contributed by atoms with van der Waals surface area (Å²) in [7, 11) is 0. The Morgan fingerprint density at radius 3 is 1.85 bits per heavy atom. The fraction of sp³-hybridized carbons (Fsp3) is 0.115. The van der Waals surface area contributed by atoms with Gasteiger partial charge in [0.15, 0.2) is 0 Å². The van der Waals surface area contributed by atoms with Gasteiger partial charge in [0.05, 0.1) is 5.69 Å². The second kappa shape index (κ2) is 7.59. The van der Waals surface area contributed by atoms with Crippen LogP contribution in [0.3, 0.4) is 0 Å². The molecule has 0 N–H and O–H groups in total. The van der Waals surface area contributed by atoms with Crippen molar-refractivity contribution in [1.29, 1.82) is 0 Å². The largest absolute Gasteiger partial charge is 0.256 e. The highest BCUT2D eigenvalue weighted by Gasteiger charge is 2.12. The van der Waals surface area contributed by atoms with Crippen LogP contribution in [0.5, 0.6) is 0 Å². The molecule has 1 aromatic heterocycles. The summed E-state index contributed by atoms with van der Waals surface area (Å²) >= 11 is 0. The first-order valence-electron chi connectivity index (χ1n) is 9.43. The van der Waals surface area contributed by atoms with Crippen LogP contribution in [0.2, 0.25) is 0 Å². The number of benzene rings is 3. The van der Waals surface area contributed by atoms with Crippen molar-refractivity contribution >= 4 is 0 Å². The van der Waals surface area contributed by atoms with Gasteiger partial charge in [-0.15, -0.1) is 0 Å². The smallest absolute Gasteiger partial charge is 0.0708 e. The Labute approximate surface area is 161 Å². The molecule has 0 aliphatic heterocycles. The molecule has 132 valence electrons. The van der Waals surface area contributed by atoms with E-state index in [-0.39, 0.29) is 0 Å². The predicted octanol–water partition coefficient (Wildman–Crippen LogP) is 7.21. The van der Waals surface area contributed by atoms with Crippen molar-refractivity contribution in [3.8, 4) is 33.5 Å². The molecule has 0 aliphatic rings. The van der Waals surface area contributed by atoms with E-state index in [4.69, 9.17) is 4.98 Å². The van der Waals surface area contributed by atoms with Gasteiger partial charge in [0.25, 0.3) is 0 Å². The van der Waals surface area contributed by atoms with Gasteiger partial charge in [-0.05, 0) is 45.9 Å². The minimum Gasteiger partial charge on any atom is -0.256 e. The van der Waals surface area contributed by atoms with Gasteiger partial charge in [-0.25, -0.2) is 0 Å². The van der Waals surface area contributed by atoms with Crippen molar-refractivity contribution in [2.45, 2.75) is 19.8 Å². The third-order valence-electron chi connectivity index (χ3n) is 4.91. The Hall–Kier alpha value is -3.19. The highest BCUT2D eigenvalue weighted by Crippen LogP contribution is 2.33. The Morgan fingerprint density at radius 1 is 0.593 bits per heavy atom. The zero-order valence-electron chi connectivity index (χ0n) is 15.8. The fourth-order valence-electron chi connectivity index (χ4n) is 3.44. The van der Waals surface area contributed by atoms with Crippen molar-refractivity contribution in [1.82, 2.24) is 4.98 Å². The van der Waals surface area contributed by atoms with E-state index in [9.17, 15) is 0 Å². The normalized spacial score (nSPS) is 10.9. The molecule has 4 rings (SSSR count). The maximum atomic E-state index is 4.79. The molecular formula is C26H23N. The molecule has 0 radical (unpaired) electrons. The molecule has 1 nitrogen and oxygen atoms in total. The third kappa shape index (κ3) is 3.68. The molecule has 0 atom stereocenters. The van der Waals surface area contributed by atoms with Gasteiger partial charge in [0, 0.05) is 11.8 Å². The Bertz CT molecular complexity index is 1030. The molecule has 0 aliphatic carbocycles. The third-order valence-corrected chi connectivity index (χ3v) is 4.91. The Balaban J connectivity index is 1.81. The van der Waals surface area contributed by atoms with E-state index in [1.807, 2.05) is 12.3 Å². The highest BCUT2D eigenvalue weighted by atomic mass is 14.7. The van der Waals surface area contributed by atoms with E-state index >= 15 is 0 Å². The van der Waals surface area contributed by atoms with Gasteiger partial charge in [-0.1, -0.05) is 92.7 Å². The average molecular weight is 349 g/mol. The van der Waals surface area contributed by atoms with Gasteiger partial charge in [-0.3, -0.25) is 4.98 Å². The number of pyridine rings is 1. The summed E-state index contributed by atoms with van der Waals surface area (Å²) in [4.78, 5) is 4.79. The number of rotatable bonds is 4. The van der Waals surface area contributed by atoms with Crippen molar-refractivity contribution < 1.29 is 0 Å². The van der Waals surface area contributed by atoms with E-state index in [2.05, 4.69) is 98.8 Å². The maximum absolute atomic E-state index is 4.79. The summed E-state index contributed by atoms with van der Waals surface area (Å²) in [6.07, 6.45) is 2.04. The lowest BCUT2D eigenvalue weighted by Gasteiger charge is -2.15. The molecule has 3 aromatic carbocycles. The summed E-state index contributed by atoms with van der Waals surface area (Å²) in [5.74, 6) is 0.428. The molecule has 4 aromatic rings. The average Bonchev–Trinajstić information content (AvgIpc) is 2.74. The summed E-state index contributed by atoms with van der Waals surface area (Å²) in [6.45, 7) is 4.44. The predicted molar refractivity (Wildman–Crippen MR) is 115 cm³/mol. The van der Waals surface area contributed by atoms with Crippen LogP contribution in [0.25, 0.3) is 33.5 Å². The van der Waals surface area contributed by atoms with Crippen LogP contribution in [-0.4, -0.2) is 4.98 Å². The number of hydrogen-bond donors (Lipinski definition) is 0. The highest BCUT2D eigenvalue weighted by molar-refractivity contribution is 5.76. The van der Waals surface area contributed by atoms with Crippen LogP contribution in [0, 0.1) is 0 Å². The first-order valence-corrected chi connectivity index (χ1v) is 9.43. The van der Waals surface area contributed by atoms with Crippen LogP contribution in [-0.2, 0) is 0 Å². The Kier molecular flexibility index (Phi) is 4.84. The monoisotopic (exact) mass is 349 g/mol. The molecule has 1 heterocycles. The summed E-state index contributed by atoms with van der Waals surface area (Å²) in [5.41, 5.74) is 8.37. The van der Waals surface area contributed by atoms with Crippen LogP contribution < -0.4 is 0 Å². The van der Waals surface area contributed by atoms with Crippen LogP contribution in [0.4, 0.5) is 0 Å². The van der Waals surface area contributed by atoms with E-state index in [1.165, 1.54) is 27.8 Å². The number of hydrogen-bond acceptors (Lipinski definition) is 1. The summed E-state index contributed by atoms with van der Waals surface area (Å²) in [6, 6.07) is 31.9. The van der Waals surface area contributed by atoms with Gasteiger partial charge < -0.3 is 0 Å². The second-order valence-corrected chi connectivity index (χ2v) is 7.12. The van der Waals surface area contributed by atoms with E-state index in [1.54, 1.807) is 0 Å². The van der Waals surface area contributed by atoms with Crippen molar-refractivity contribution in [2.75, 3.05) is 0 Å². The first kappa shape index (κ1) is 17.2. The van der Waals surface area contributed by atoms with Gasteiger partial charge in [0.1, 0.15) is 0 Å². The lowest BCUT2D eigenvalue weighted by molar-refractivity contribution is 0.861. The SMILES string of the molecule is CC(C)c1cnc(-c2cccc(-c3ccccc3)c2)cc1-c1ccccc1. The topological polar surface area (TPSA) is 12.9 Å². The van der Waals surface area contributed by atoms with Gasteiger partial charge in [-0.2, -0.15) is 0 Å². The quantitative estimate of drug-likeness (QED) is 0.379. The minimum absolute atomic E-state index is 0.428. The van der Waals surface area contributed by atoms with E-state index < -0.39 is 0 Å². The molecule has 1 heteroatoms. The lowest BCUT2D eigenvalue weighted by atomic mass is 9.92.